The molecule has 0 spiro atoms. The number of fused-ring (bicyclic) bond motifs is 1. The molecule has 21 heavy (non-hydrogen) atoms. The van der Waals surface area contributed by atoms with Gasteiger partial charge in [-0.1, -0.05) is 25.1 Å². The lowest BCUT2D eigenvalue weighted by Gasteiger charge is -2.07. The van der Waals surface area contributed by atoms with Gasteiger partial charge in [0, 0.05) is 18.5 Å². The first-order valence-electron chi connectivity index (χ1n) is 7.34. The van der Waals surface area contributed by atoms with Crippen LogP contribution in [0.25, 0.3) is 11.6 Å². The van der Waals surface area contributed by atoms with Gasteiger partial charge < -0.3 is 9.32 Å². The number of rotatable bonds is 2. The highest BCUT2D eigenvalue weighted by Crippen LogP contribution is 2.47. The van der Waals surface area contributed by atoms with Crippen LogP contribution in [0.3, 0.4) is 0 Å². The summed E-state index contributed by atoms with van der Waals surface area (Å²) >= 11 is 0. The van der Waals surface area contributed by atoms with Crippen molar-refractivity contribution in [2.45, 2.75) is 19.3 Å². The van der Waals surface area contributed by atoms with Crippen molar-refractivity contribution in [3.05, 3.63) is 53.5 Å². The highest BCUT2D eigenvalue weighted by molar-refractivity contribution is 6.35. The number of para-hydroxylation sites is 1. The first kappa shape index (κ1) is 12.5. The Kier molecular flexibility index (Phi) is 2.58. The Hall–Kier alpha value is -2.29. The molecule has 0 unspecified atom stereocenters. The topological polar surface area (TPSA) is 33.5 Å². The number of hydrogen-bond acceptors (Lipinski definition) is 2. The third-order valence-electron chi connectivity index (χ3n) is 4.50. The Balaban J connectivity index is 1.72. The second-order valence-corrected chi connectivity index (χ2v) is 6.00. The van der Waals surface area contributed by atoms with Gasteiger partial charge in [-0.2, -0.15) is 0 Å². The van der Waals surface area contributed by atoms with Crippen LogP contribution < -0.4 is 4.90 Å². The molecule has 2 atom stereocenters. The Morgan fingerprint density at radius 3 is 2.76 bits per heavy atom. The monoisotopic (exact) mass is 279 g/mol. The number of carbonyl (C=O) groups excluding carboxylic acids is 1. The summed E-state index contributed by atoms with van der Waals surface area (Å²) in [5, 5.41) is 0. The Bertz CT molecular complexity index is 756. The molecule has 2 heterocycles. The first-order valence-corrected chi connectivity index (χ1v) is 7.34. The van der Waals surface area contributed by atoms with Crippen molar-refractivity contribution in [3.8, 4) is 0 Å². The summed E-state index contributed by atoms with van der Waals surface area (Å²) in [5.41, 5.74) is 2.64. The summed E-state index contributed by atoms with van der Waals surface area (Å²) in [5.74, 6) is 3.11. The molecule has 4 rings (SSSR count). The van der Waals surface area contributed by atoms with Crippen LogP contribution in [-0.4, -0.2) is 13.0 Å². The van der Waals surface area contributed by atoms with E-state index in [-0.39, 0.29) is 5.91 Å². The maximum absolute atomic E-state index is 12.4. The van der Waals surface area contributed by atoms with Gasteiger partial charge in [-0.25, -0.2) is 0 Å². The van der Waals surface area contributed by atoms with Gasteiger partial charge in [-0.05, 0) is 36.6 Å². The highest BCUT2D eigenvalue weighted by atomic mass is 16.3. The van der Waals surface area contributed by atoms with E-state index >= 15 is 0 Å². The molecule has 0 N–H and O–H groups in total. The maximum Gasteiger partial charge on any atom is 0.258 e. The van der Waals surface area contributed by atoms with Crippen LogP contribution in [-0.2, 0) is 4.79 Å². The van der Waals surface area contributed by atoms with Crippen molar-refractivity contribution in [3.63, 3.8) is 0 Å². The van der Waals surface area contributed by atoms with Crippen molar-refractivity contribution in [1.82, 2.24) is 0 Å². The quantitative estimate of drug-likeness (QED) is 0.781. The molecular formula is C18H17NO2. The van der Waals surface area contributed by atoms with Gasteiger partial charge in [0.1, 0.15) is 11.5 Å². The number of likely N-dealkylation sites (N-methyl/N-ethyl adjacent to an activating group) is 1. The smallest absolute Gasteiger partial charge is 0.258 e. The fraction of sp³-hybridized carbons (Fsp3) is 0.278. The van der Waals surface area contributed by atoms with Crippen molar-refractivity contribution in [1.29, 1.82) is 0 Å². The van der Waals surface area contributed by atoms with Gasteiger partial charge in [0.15, 0.2) is 0 Å². The summed E-state index contributed by atoms with van der Waals surface area (Å²) in [6.45, 7) is 2.23. The molecule has 3 nitrogen and oxygen atoms in total. The van der Waals surface area contributed by atoms with Crippen LogP contribution in [0, 0.1) is 5.92 Å². The summed E-state index contributed by atoms with van der Waals surface area (Å²) in [6, 6.07) is 11.9. The van der Waals surface area contributed by atoms with Crippen LogP contribution in [0.2, 0.25) is 0 Å². The zero-order valence-electron chi connectivity index (χ0n) is 12.2. The van der Waals surface area contributed by atoms with Gasteiger partial charge in [0.05, 0.1) is 11.3 Å². The van der Waals surface area contributed by atoms with Gasteiger partial charge in [0.25, 0.3) is 5.91 Å². The Labute approximate surface area is 123 Å². The van der Waals surface area contributed by atoms with Crippen LogP contribution in [0.5, 0.6) is 0 Å². The standard InChI is InChI=1S/C18H17NO2/c1-11-9-14(11)17-8-7-12(21-17)10-15-13-5-3-4-6-16(13)19(2)18(15)20/h3-8,10-11,14H,9H2,1-2H3/b15-10-/t11-,14+/m0/s1. The van der Waals surface area contributed by atoms with E-state index in [1.807, 2.05) is 42.5 Å². The maximum atomic E-state index is 12.4. The fourth-order valence-corrected chi connectivity index (χ4v) is 3.04. The summed E-state index contributed by atoms with van der Waals surface area (Å²) in [4.78, 5) is 14.1. The van der Waals surface area contributed by atoms with Crippen LogP contribution >= 0.6 is 0 Å². The van der Waals surface area contributed by atoms with Crippen molar-refractivity contribution in [2.24, 2.45) is 5.92 Å². The lowest BCUT2D eigenvalue weighted by Crippen LogP contribution is -2.20. The predicted octanol–water partition coefficient (Wildman–Crippen LogP) is 3.92. The number of benzene rings is 1. The lowest BCUT2D eigenvalue weighted by atomic mass is 10.1. The van der Waals surface area contributed by atoms with Gasteiger partial charge in [-0.15, -0.1) is 0 Å². The van der Waals surface area contributed by atoms with E-state index in [4.69, 9.17) is 4.42 Å². The normalized spacial score (nSPS) is 25.5. The molecular weight excluding hydrogens is 262 g/mol. The molecule has 1 amide bonds. The molecule has 0 radical (unpaired) electrons. The predicted molar refractivity (Wildman–Crippen MR) is 83.0 cm³/mol. The van der Waals surface area contributed by atoms with E-state index < -0.39 is 0 Å². The van der Waals surface area contributed by atoms with Crippen LogP contribution in [0.15, 0.2) is 40.8 Å². The number of anilines is 1. The van der Waals surface area contributed by atoms with E-state index in [0.717, 1.165) is 28.7 Å². The van der Waals surface area contributed by atoms with Gasteiger partial charge in [0.2, 0.25) is 0 Å². The molecule has 2 aliphatic rings. The Morgan fingerprint density at radius 1 is 1.24 bits per heavy atom. The number of amides is 1. The molecule has 0 saturated heterocycles. The largest absolute Gasteiger partial charge is 0.461 e. The van der Waals surface area contributed by atoms with E-state index in [1.54, 1.807) is 11.9 Å². The molecule has 0 bridgehead atoms. The van der Waals surface area contributed by atoms with E-state index in [1.165, 1.54) is 6.42 Å². The zero-order valence-corrected chi connectivity index (χ0v) is 12.2. The van der Waals surface area contributed by atoms with Gasteiger partial charge >= 0.3 is 0 Å². The van der Waals surface area contributed by atoms with E-state index in [9.17, 15) is 4.79 Å². The molecule has 1 aliphatic heterocycles. The number of hydrogen-bond donors (Lipinski definition) is 0. The summed E-state index contributed by atoms with van der Waals surface area (Å²) in [7, 11) is 1.81. The molecule has 1 aliphatic carbocycles. The number of furan rings is 1. The molecule has 1 aromatic carbocycles. The molecule has 1 fully saturated rings. The molecule has 3 heteroatoms. The zero-order chi connectivity index (χ0) is 14.6. The van der Waals surface area contributed by atoms with Crippen LogP contribution in [0.4, 0.5) is 5.69 Å². The number of nitrogens with zero attached hydrogens (tertiary/aromatic N) is 1. The van der Waals surface area contributed by atoms with Crippen LogP contribution in [0.1, 0.15) is 36.3 Å². The van der Waals surface area contributed by atoms with Crippen molar-refractivity contribution < 1.29 is 9.21 Å². The van der Waals surface area contributed by atoms with E-state index in [0.29, 0.717) is 11.5 Å². The minimum absolute atomic E-state index is 0.0222. The third kappa shape index (κ3) is 1.92. The summed E-state index contributed by atoms with van der Waals surface area (Å²) < 4.78 is 5.89. The van der Waals surface area contributed by atoms with Crippen molar-refractivity contribution in [2.75, 3.05) is 11.9 Å². The molecule has 1 saturated carbocycles. The highest BCUT2D eigenvalue weighted by Gasteiger charge is 2.36. The SMILES string of the molecule is C[C@H]1C[C@H]1c1ccc(/C=C2\C(=O)N(C)c3ccccc32)o1. The minimum atomic E-state index is 0.0222. The molecule has 2 aromatic rings. The van der Waals surface area contributed by atoms with Gasteiger partial charge in [-0.3, -0.25) is 4.79 Å². The third-order valence-corrected chi connectivity index (χ3v) is 4.50. The average molecular weight is 279 g/mol. The fourth-order valence-electron chi connectivity index (χ4n) is 3.04. The average Bonchev–Trinajstić information content (AvgIpc) is 2.95. The lowest BCUT2D eigenvalue weighted by molar-refractivity contribution is -0.112. The minimum Gasteiger partial charge on any atom is -0.461 e. The first-order chi connectivity index (χ1) is 10.1. The number of carbonyl (C=O) groups is 1. The second kappa shape index (κ2) is 4.35. The van der Waals surface area contributed by atoms with E-state index in [2.05, 4.69) is 6.92 Å². The van der Waals surface area contributed by atoms with Crippen molar-refractivity contribution >= 4 is 23.2 Å². The second-order valence-electron chi connectivity index (χ2n) is 6.00. The molecule has 106 valence electrons. The Morgan fingerprint density at radius 2 is 2.00 bits per heavy atom. The summed E-state index contributed by atoms with van der Waals surface area (Å²) in [6.07, 6.45) is 3.06. The molecule has 1 aromatic heterocycles.